The average Bonchev–Trinajstić information content (AvgIpc) is 3.22. The molecule has 1 heterocycles. The molecule has 20 heavy (non-hydrogen) atoms. The summed E-state index contributed by atoms with van der Waals surface area (Å²) >= 11 is 0. The Labute approximate surface area is 120 Å². The van der Waals surface area contributed by atoms with Gasteiger partial charge in [0.25, 0.3) is 0 Å². The number of hydrogen-bond acceptors (Lipinski definition) is 5. The van der Waals surface area contributed by atoms with Gasteiger partial charge in [-0.15, -0.1) is 0 Å². The van der Waals surface area contributed by atoms with Crippen molar-refractivity contribution in [3.8, 4) is 0 Å². The summed E-state index contributed by atoms with van der Waals surface area (Å²) in [7, 11) is 0. The van der Waals surface area contributed by atoms with E-state index in [1.54, 1.807) is 0 Å². The molecule has 3 N–H and O–H groups in total. The lowest BCUT2D eigenvalue weighted by Crippen LogP contribution is -2.43. The minimum Gasteiger partial charge on any atom is -0.388 e. The summed E-state index contributed by atoms with van der Waals surface area (Å²) < 4.78 is 0. The van der Waals surface area contributed by atoms with Crippen LogP contribution in [0.25, 0.3) is 0 Å². The van der Waals surface area contributed by atoms with Crippen LogP contribution >= 0.6 is 0 Å². The SMILES string of the molecule is CCNc1nc(C2CC2)nc(NCC2(O)CCC2)c1C. The number of nitrogens with zero attached hydrogens (tertiary/aromatic N) is 2. The molecule has 0 spiro atoms. The summed E-state index contributed by atoms with van der Waals surface area (Å²) in [6.07, 6.45) is 5.28. The molecule has 3 rings (SSSR count). The van der Waals surface area contributed by atoms with E-state index in [9.17, 15) is 5.11 Å². The fourth-order valence-electron chi connectivity index (χ4n) is 2.58. The van der Waals surface area contributed by atoms with Crippen molar-refractivity contribution < 1.29 is 5.11 Å². The Balaban J connectivity index is 1.79. The maximum absolute atomic E-state index is 10.2. The lowest BCUT2D eigenvalue weighted by molar-refractivity contribution is -0.0202. The fourth-order valence-corrected chi connectivity index (χ4v) is 2.58. The quantitative estimate of drug-likeness (QED) is 0.744. The zero-order valence-corrected chi connectivity index (χ0v) is 12.4. The van der Waals surface area contributed by atoms with Crippen molar-refractivity contribution in [2.45, 2.75) is 57.5 Å². The van der Waals surface area contributed by atoms with Crippen molar-refractivity contribution in [1.82, 2.24) is 9.97 Å². The van der Waals surface area contributed by atoms with Crippen LogP contribution in [-0.4, -0.2) is 33.8 Å². The van der Waals surface area contributed by atoms with Gasteiger partial charge < -0.3 is 15.7 Å². The summed E-state index contributed by atoms with van der Waals surface area (Å²) in [4.78, 5) is 9.30. The molecule has 2 saturated carbocycles. The summed E-state index contributed by atoms with van der Waals surface area (Å²) in [5.41, 5.74) is 0.509. The molecule has 0 aromatic carbocycles. The van der Waals surface area contributed by atoms with E-state index in [1.165, 1.54) is 12.8 Å². The van der Waals surface area contributed by atoms with Gasteiger partial charge in [-0.3, -0.25) is 0 Å². The smallest absolute Gasteiger partial charge is 0.136 e. The highest BCUT2D eigenvalue weighted by molar-refractivity contribution is 5.57. The van der Waals surface area contributed by atoms with E-state index in [1.807, 2.05) is 6.92 Å². The number of aromatic nitrogens is 2. The van der Waals surface area contributed by atoms with Crippen LogP contribution in [0.3, 0.4) is 0 Å². The van der Waals surface area contributed by atoms with E-state index in [0.717, 1.165) is 48.8 Å². The van der Waals surface area contributed by atoms with Crippen molar-refractivity contribution in [2.24, 2.45) is 0 Å². The van der Waals surface area contributed by atoms with Gasteiger partial charge in [-0.2, -0.15) is 0 Å². The third-order valence-electron chi connectivity index (χ3n) is 4.32. The lowest BCUT2D eigenvalue weighted by atomic mass is 9.80. The number of aliphatic hydroxyl groups is 1. The minimum absolute atomic E-state index is 0.528. The van der Waals surface area contributed by atoms with E-state index in [4.69, 9.17) is 0 Å². The highest BCUT2D eigenvalue weighted by atomic mass is 16.3. The Morgan fingerprint density at radius 1 is 1.20 bits per heavy atom. The van der Waals surface area contributed by atoms with Gasteiger partial charge in [0.05, 0.1) is 5.60 Å². The largest absolute Gasteiger partial charge is 0.388 e. The molecule has 2 aliphatic rings. The highest BCUT2D eigenvalue weighted by Crippen LogP contribution is 2.40. The first-order chi connectivity index (χ1) is 9.61. The molecule has 0 atom stereocenters. The molecule has 110 valence electrons. The third-order valence-corrected chi connectivity index (χ3v) is 4.32. The van der Waals surface area contributed by atoms with E-state index in [2.05, 4.69) is 27.5 Å². The Kier molecular flexibility index (Phi) is 3.54. The molecule has 0 saturated heterocycles. The monoisotopic (exact) mass is 276 g/mol. The van der Waals surface area contributed by atoms with Crippen LogP contribution in [0.4, 0.5) is 11.6 Å². The molecule has 0 radical (unpaired) electrons. The molecule has 0 bridgehead atoms. The van der Waals surface area contributed by atoms with Gasteiger partial charge in [0.2, 0.25) is 0 Å². The topological polar surface area (TPSA) is 70.1 Å². The lowest BCUT2D eigenvalue weighted by Gasteiger charge is -2.36. The zero-order valence-electron chi connectivity index (χ0n) is 12.4. The van der Waals surface area contributed by atoms with Crippen molar-refractivity contribution >= 4 is 11.6 Å². The van der Waals surface area contributed by atoms with Crippen LogP contribution in [0, 0.1) is 6.92 Å². The van der Waals surface area contributed by atoms with Gasteiger partial charge in [0.15, 0.2) is 0 Å². The Morgan fingerprint density at radius 3 is 2.35 bits per heavy atom. The van der Waals surface area contributed by atoms with Gasteiger partial charge in [0.1, 0.15) is 17.5 Å². The summed E-state index contributed by atoms with van der Waals surface area (Å²) in [5.74, 6) is 3.26. The summed E-state index contributed by atoms with van der Waals surface area (Å²) in [5, 5.41) is 16.9. The van der Waals surface area contributed by atoms with E-state index in [0.29, 0.717) is 12.5 Å². The molecule has 0 unspecified atom stereocenters. The first-order valence-electron chi connectivity index (χ1n) is 7.70. The van der Waals surface area contributed by atoms with Crippen LogP contribution in [0.5, 0.6) is 0 Å². The molecular weight excluding hydrogens is 252 g/mol. The molecule has 2 aliphatic carbocycles. The molecule has 0 aliphatic heterocycles. The van der Waals surface area contributed by atoms with Crippen LogP contribution in [0.1, 0.15) is 56.3 Å². The van der Waals surface area contributed by atoms with Crippen molar-refractivity contribution in [3.63, 3.8) is 0 Å². The van der Waals surface area contributed by atoms with Crippen LogP contribution in [0.2, 0.25) is 0 Å². The molecule has 2 fully saturated rings. The van der Waals surface area contributed by atoms with Crippen molar-refractivity contribution in [2.75, 3.05) is 23.7 Å². The molecule has 1 aromatic heterocycles. The molecule has 5 heteroatoms. The summed E-state index contributed by atoms with van der Waals surface area (Å²) in [6, 6.07) is 0. The van der Waals surface area contributed by atoms with Crippen LogP contribution < -0.4 is 10.6 Å². The van der Waals surface area contributed by atoms with Crippen LogP contribution in [0.15, 0.2) is 0 Å². The fraction of sp³-hybridized carbons (Fsp3) is 0.733. The molecule has 5 nitrogen and oxygen atoms in total. The van der Waals surface area contributed by atoms with Gasteiger partial charge in [-0.25, -0.2) is 9.97 Å². The highest BCUT2D eigenvalue weighted by Gasteiger charge is 2.34. The Hall–Kier alpha value is -1.36. The number of hydrogen-bond donors (Lipinski definition) is 3. The zero-order chi connectivity index (χ0) is 14.2. The number of nitrogens with one attached hydrogen (secondary N) is 2. The number of anilines is 2. The van der Waals surface area contributed by atoms with Gasteiger partial charge in [0, 0.05) is 24.6 Å². The molecule has 0 amide bonds. The second-order valence-corrected chi connectivity index (χ2v) is 6.14. The van der Waals surface area contributed by atoms with Gasteiger partial charge in [-0.1, -0.05) is 0 Å². The van der Waals surface area contributed by atoms with Crippen LogP contribution in [-0.2, 0) is 0 Å². The second kappa shape index (κ2) is 5.20. The predicted octanol–water partition coefficient (Wildman–Crippen LogP) is 2.42. The predicted molar refractivity (Wildman–Crippen MR) is 80.2 cm³/mol. The maximum Gasteiger partial charge on any atom is 0.136 e. The second-order valence-electron chi connectivity index (χ2n) is 6.14. The maximum atomic E-state index is 10.2. The van der Waals surface area contributed by atoms with Crippen molar-refractivity contribution in [1.29, 1.82) is 0 Å². The molecule has 1 aromatic rings. The summed E-state index contributed by atoms with van der Waals surface area (Å²) in [6.45, 7) is 5.54. The Bertz CT molecular complexity index is 495. The normalized spacial score (nSPS) is 20.4. The van der Waals surface area contributed by atoms with Crippen molar-refractivity contribution in [3.05, 3.63) is 11.4 Å². The van der Waals surface area contributed by atoms with E-state index >= 15 is 0 Å². The van der Waals surface area contributed by atoms with Gasteiger partial charge >= 0.3 is 0 Å². The first kappa shape index (κ1) is 13.6. The standard InChI is InChI=1S/C15H24N4O/c1-3-16-12-10(2)13(17-9-15(20)7-4-8-15)19-14(18-12)11-5-6-11/h11,20H,3-9H2,1-2H3,(H2,16,17,18,19). The van der Waals surface area contributed by atoms with Gasteiger partial charge in [-0.05, 0) is 46.0 Å². The third kappa shape index (κ3) is 2.73. The number of rotatable bonds is 6. The Morgan fingerprint density at radius 2 is 1.85 bits per heavy atom. The average molecular weight is 276 g/mol. The van der Waals surface area contributed by atoms with E-state index < -0.39 is 5.60 Å². The molecular formula is C15H24N4O. The minimum atomic E-state index is -0.532. The first-order valence-corrected chi connectivity index (χ1v) is 7.70. The van der Waals surface area contributed by atoms with E-state index in [-0.39, 0.29) is 0 Å².